The number of aryl methyl sites for hydroxylation is 2. The molecule has 3 rings (SSSR count). The van der Waals surface area contributed by atoms with Crippen molar-refractivity contribution in [3.63, 3.8) is 0 Å². The summed E-state index contributed by atoms with van der Waals surface area (Å²) in [6.45, 7) is -0.115. The Morgan fingerprint density at radius 2 is 1.43 bits per heavy atom. The van der Waals surface area contributed by atoms with Crippen LogP contribution >= 0.6 is 0 Å². The molecule has 2 saturated heterocycles. The zero-order valence-corrected chi connectivity index (χ0v) is 11.2. The molecule has 112 valence electrons. The van der Waals surface area contributed by atoms with E-state index < -0.39 is 30.8 Å². The van der Waals surface area contributed by atoms with Crippen molar-refractivity contribution in [3.05, 3.63) is 18.7 Å². The van der Waals surface area contributed by atoms with Crippen LogP contribution in [0, 0.1) is 0 Å². The summed E-state index contributed by atoms with van der Waals surface area (Å²) in [7, 11) is 2.02. The molecule has 0 unspecified atom stereocenters. The van der Waals surface area contributed by atoms with Gasteiger partial charge in [0, 0.05) is 0 Å². The third kappa shape index (κ3) is 3.01. The molecule has 0 saturated carbocycles. The van der Waals surface area contributed by atoms with E-state index >= 15 is 0 Å². The number of carbonyl (C=O) groups excluding carboxylic acids is 4. The molecule has 0 atom stereocenters. The Morgan fingerprint density at radius 1 is 1.00 bits per heavy atom. The highest BCUT2D eigenvalue weighted by molar-refractivity contribution is 6.73. The highest BCUT2D eigenvalue weighted by atomic mass is 17.0. The van der Waals surface area contributed by atoms with Crippen LogP contribution in [0.25, 0.3) is 0 Å². The van der Waals surface area contributed by atoms with Crippen LogP contribution in [0.5, 0.6) is 0 Å². The van der Waals surface area contributed by atoms with E-state index in [1.54, 1.807) is 0 Å². The second-order valence-electron chi connectivity index (χ2n) is 4.11. The van der Waals surface area contributed by atoms with Crippen LogP contribution in [-0.2, 0) is 51.4 Å². The van der Waals surface area contributed by atoms with Crippen LogP contribution in [0.1, 0.15) is 6.92 Å². The molecule has 10 nitrogen and oxygen atoms in total. The second-order valence-corrected chi connectivity index (χ2v) is 4.11. The van der Waals surface area contributed by atoms with Gasteiger partial charge in [0.15, 0.2) is 0 Å². The molecule has 2 aliphatic rings. The number of aromatic nitrogens is 2. The van der Waals surface area contributed by atoms with E-state index in [9.17, 15) is 19.2 Å². The van der Waals surface area contributed by atoms with Crippen molar-refractivity contribution in [2.45, 2.75) is 13.5 Å². The minimum atomic E-state index is -3.30. The quantitative estimate of drug-likeness (QED) is 0.331. The standard InChI is InChI=1S/C6H11N2.C4BO8/c1-3-8-5-4-7(2)6-8;6-1-2(7)11-5(10-1)12-3(8)4(9)13-5/h4-6H,3H2,1-2H3;/q+1;-1. The predicted molar refractivity (Wildman–Crippen MR) is 61.4 cm³/mol. The van der Waals surface area contributed by atoms with E-state index in [0.29, 0.717) is 0 Å². The highest BCUT2D eigenvalue weighted by Crippen LogP contribution is 2.24. The van der Waals surface area contributed by atoms with Crippen molar-refractivity contribution in [2.24, 2.45) is 7.05 Å². The lowest BCUT2D eigenvalue weighted by Crippen LogP contribution is -2.40. The normalized spacial score (nSPS) is 18.6. The maximum Gasteiger partial charge on any atom is 0.786 e. The third-order valence-corrected chi connectivity index (χ3v) is 2.53. The SMILES string of the molecule is CCn1cc[n+](C)c1.O=C1O[B-]2(OC1=O)OC(=O)C(=O)O2. The van der Waals surface area contributed by atoms with Crippen LogP contribution in [0.3, 0.4) is 0 Å². The van der Waals surface area contributed by atoms with Crippen LogP contribution in [0.2, 0.25) is 0 Å². The van der Waals surface area contributed by atoms with Crippen LogP contribution in [-0.4, -0.2) is 35.4 Å². The molecule has 1 aromatic heterocycles. The first-order valence-corrected chi connectivity index (χ1v) is 5.91. The van der Waals surface area contributed by atoms with Crippen molar-refractivity contribution >= 4 is 30.8 Å². The Hall–Kier alpha value is -2.85. The molecule has 0 aromatic carbocycles. The fourth-order valence-corrected chi connectivity index (χ4v) is 1.55. The van der Waals surface area contributed by atoms with E-state index in [1.165, 1.54) is 0 Å². The van der Waals surface area contributed by atoms with Gasteiger partial charge in [-0.05, 0) is 6.92 Å². The topological polar surface area (TPSA) is 114 Å². The van der Waals surface area contributed by atoms with Gasteiger partial charge in [-0.2, -0.15) is 0 Å². The minimum Gasteiger partial charge on any atom is -0.576 e. The number of rotatable bonds is 1. The molecule has 2 fully saturated rings. The summed E-state index contributed by atoms with van der Waals surface area (Å²) in [4.78, 5) is 41.9. The van der Waals surface area contributed by atoms with Crippen LogP contribution in [0.4, 0.5) is 0 Å². The predicted octanol–water partition coefficient (Wildman–Crippen LogP) is -2.05. The third-order valence-electron chi connectivity index (χ3n) is 2.53. The smallest absolute Gasteiger partial charge is 0.576 e. The fraction of sp³-hybridized carbons (Fsp3) is 0.300. The first-order chi connectivity index (χ1) is 9.85. The van der Waals surface area contributed by atoms with E-state index in [2.05, 4.69) is 42.6 Å². The number of nitrogens with zero attached hydrogens (tertiary/aromatic N) is 2. The summed E-state index contributed by atoms with van der Waals surface area (Å²) < 4.78 is 20.7. The van der Waals surface area contributed by atoms with E-state index in [1.807, 2.05) is 17.8 Å². The summed E-state index contributed by atoms with van der Waals surface area (Å²) in [5.74, 6) is -5.49. The second kappa shape index (κ2) is 5.27. The Morgan fingerprint density at radius 3 is 1.67 bits per heavy atom. The van der Waals surface area contributed by atoms with E-state index in [4.69, 9.17) is 0 Å². The largest absolute Gasteiger partial charge is 0.786 e. The average Bonchev–Trinajstić information content (AvgIpc) is 3.02. The molecule has 11 heteroatoms. The molecular weight excluding hydrogens is 287 g/mol. The summed E-state index contributed by atoms with van der Waals surface area (Å²) in [6.07, 6.45) is 6.14. The van der Waals surface area contributed by atoms with Crippen molar-refractivity contribution in [1.82, 2.24) is 4.57 Å². The van der Waals surface area contributed by atoms with Gasteiger partial charge >= 0.3 is 30.8 Å². The molecular formula is C10H11BN2O8. The lowest BCUT2D eigenvalue weighted by Gasteiger charge is -2.21. The fourth-order valence-electron chi connectivity index (χ4n) is 1.55. The van der Waals surface area contributed by atoms with Crippen molar-refractivity contribution in [2.75, 3.05) is 0 Å². The summed E-state index contributed by atoms with van der Waals surface area (Å²) in [5, 5.41) is 0. The van der Waals surface area contributed by atoms with Gasteiger partial charge < -0.3 is 18.6 Å². The molecule has 0 amide bonds. The van der Waals surface area contributed by atoms with Gasteiger partial charge in [-0.1, -0.05) is 0 Å². The maximum absolute atomic E-state index is 10.5. The maximum atomic E-state index is 10.5. The van der Waals surface area contributed by atoms with Crippen LogP contribution < -0.4 is 4.57 Å². The molecule has 1 spiro atoms. The Balaban J connectivity index is 0.000000173. The lowest BCUT2D eigenvalue weighted by atomic mass is 10.1. The summed E-state index contributed by atoms with van der Waals surface area (Å²) in [5.41, 5.74) is 0. The summed E-state index contributed by atoms with van der Waals surface area (Å²) in [6, 6.07) is 0. The molecule has 0 radical (unpaired) electrons. The van der Waals surface area contributed by atoms with Gasteiger partial charge in [-0.3, -0.25) is 0 Å². The van der Waals surface area contributed by atoms with Gasteiger partial charge in [-0.25, -0.2) is 28.3 Å². The average molecular weight is 298 g/mol. The van der Waals surface area contributed by atoms with E-state index in [0.717, 1.165) is 6.54 Å². The Labute approximate surface area is 118 Å². The molecule has 0 N–H and O–H groups in total. The van der Waals surface area contributed by atoms with Crippen molar-refractivity contribution in [1.29, 1.82) is 0 Å². The van der Waals surface area contributed by atoms with E-state index in [-0.39, 0.29) is 0 Å². The zero-order chi connectivity index (χ0) is 15.6. The zero-order valence-electron chi connectivity index (χ0n) is 11.2. The van der Waals surface area contributed by atoms with Crippen molar-refractivity contribution < 1.29 is 42.4 Å². The summed E-state index contributed by atoms with van der Waals surface area (Å²) >= 11 is 0. The molecule has 1 aromatic rings. The van der Waals surface area contributed by atoms with Gasteiger partial charge in [0.1, 0.15) is 12.4 Å². The first-order valence-electron chi connectivity index (χ1n) is 5.91. The molecule has 2 aliphatic heterocycles. The van der Waals surface area contributed by atoms with Gasteiger partial charge in [0.05, 0.1) is 13.6 Å². The van der Waals surface area contributed by atoms with Gasteiger partial charge in [-0.15, -0.1) is 0 Å². The highest BCUT2D eigenvalue weighted by Gasteiger charge is 2.60. The Bertz CT molecular complexity index is 555. The molecule has 0 aliphatic carbocycles. The first kappa shape index (κ1) is 14.6. The number of hydrogen-bond acceptors (Lipinski definition) is 8. The molecule has 21 heavy (non-hydrogen) atoms. The monoisotopic (exact) mass is 298 g/mol. The van der Waals surface area contributed by atoms with Gasteiger partial charge in [0.25, 0.3) is 0 Å². The Kier molecular flexibility index (Phi) is 3.65. The van der Waals surface area contributed by atoms with Gasteiger partial charge in [0.2, 0.25) is 6.33 Å². The number of imidazole rings is 1. The number of carbonyl (C=O) groups is 4. The lowest BCUT2D eigenvalue weighted by molar-refractivity contribution is -0.671. The molecule has 3 heterocycles. The minimum absolute atomic E-state index is 1.06. The molecule has 0 bridgehead atoms. The van der Waals surface area contributed by atoms with Crippen LogP contribution in [0.15, 0.2) is 18.7 Å². The number of hydrogen-bond donors (Lipinski definition) is 0. The van der Waals surface area contributed by atoms with Crippen molar-refractivity contribution in [3.8, 4) is 0 Å².